The zero-order valence-electron chi connectivity index (χ0n) is 20.5. The molecular weight excluding hydrogens is 468 g/mol. The van der Waals surface area contributed by atoms with Crippen LogP contribution in [-0.4, -0.2) is 28.7 Å². The zero-order chi connectivity index (χ0) is 25.8. The summed E-state index contributed by atoms with van der Waals surface area (Å²) in [7, 11) is 0. The van der Waals surface area contributed by atoms with Gasteiger partial charge in [0.1, 0.15) is 12.4 Å². The Kier molecular flexibility index (Phi) is 6.88. The third-order valence-electron chi connectivity index (χ3n) is 6.89. The average molecular weight is 497 g/mol. The number of ether oxygens (including phenoxy) is 2. The van der Waals surface area contributed by atoms with E-state index >= 15 is 0 Å². The number of nitrogens with one attached hydrogen (secondary N) is 1. The quantitative estimate of drug-likeness (QED) is 0.190. The molecule has 5 rings (SSSR count). The van der Waals surface area contributed by atoms with E-state index in [4.69, 9.17) is 19.7 Å². The number of benzene rings is 3. The molecule has 0 aliphatic heterocycles. The van der Waals surface area contributed by atoms with Crippen LogP contribution in [0, 0.1) is 11.3 Å². The Balaban J connectivity index is 1.32. The third-order valence-corrected chi connectivity index (χ3v) is 6.89. The van der Waals surface area contributed by atoms with Gasteiger partial charge >= 0.3 is 5.97 Å². The molecule has 7 heteroatoms. The summed E-state index contributed by atoms with van der Waals surface area (Å²) in [6.07, 6.45) is 0.689. The molecular formula is C30H28N2O5. The first-order valence-electron chi connectivity index (χ1n) is 12.3. The molecule has 7 nitrogen and oxygen atoms in total. The van der Waals surface area contributed by atoms with Crippen LogP contribution in [0.2, 0.25) is 0 Å². The van der Waals surface area contributed by atoms with Crippen molar-refractivity contribution in [1.82, 2.24) is 10.5 Å². The Morgan fingerprint density at radius 3 is 2.49 bits per heavy atom. The smallest absolute Gasteiger partial charge is 0.313 e. The van der Waals surface area contributed by atoms with Gasteiger partial charge in [-0.25, -0.2) is 10.5 Å². The monoisotopic (exact) mass is 496 g/mol. The summed E-state index contributed by atoms with van der Waals surface area (Å²) in [5, 5.41) is 10.1. The van der Waals surface area contributed by atoms with Crippen molar-refractivity contribution in [1.29, 1.82) is 0 Å². The number of hydrogen-bond donors (Lipinski definition) is 2. The van der Waals surface area contributed by atoms with E-state index in [0.29, 0.717) is 25.2 Å². The third kappa shape index (κ3) is 5.04. The lowest BCUT2D eigenvalue weighted by atomic mass is 9.93. The Bertz CT molecular complexity index is 1420. The maximum Gasteiger partial charge on any atom is 0.313 e. The zero-order valence-corrected chi connectivity index (χ0v) is 20.5. The Labute approximate surface area is 215 Å². The van der Waals surface area contributed by atoms with Crippen molar-refractivity contribution < 1.29 is 24.3 Å². The van der Waals surface area contributed by atoms with Crippen LogP contribution in [-0.2, 0) is 27.4 Å². The largest absolute Gasteiger partial charge is 0.489 e. The second kappa shape index (κ2) is 10.4. The van der Waals surface area contributed by atoms with E-state index < -0.39 is 23.2 Å². The summed E-state index contributed by atoms with van der Waals surface area (Å²) in [6.45, 7) is 2.33. The fraction of sp³-hybridized carbons (Fsp3) is 0.233. The molecule has 1 unspecified atom stereocenters. The van der Waals surface area contributed by atoms with Crippen molar-refractivity contribution in [3.63, 3.8) is 0 Å². The molecule has 0 saturated heterocycles. The number of aromatic nitrogens is 1. The summed E-state index contributed by atoms with van der Waals surface area (Å²) in [5.41, 5.74) is 5.48. The molecule has 37 heavy (non-hydrogen) atoms. The van der Waals surface area contributed by atoms with Crippen LogP contribution in [0.5, 0.6) is 5.75 Å². The summed E-state index contributed by atoms with van der Waals surface area (Å²) in [5.74, 6) is -0.891. The van der Waals surface area contributed by atoms with Gasteiger partial charge in [-0.1, -0.05) is 60.7 Å². The standard InChI is InChI=1S/C30H28N2O5/c1-2-36-29(34)30(18-25(30)28(33)32-35)17-20-12-14-23(15-13-20)37-19-22-16-27(21-8-4-3-5-9-21)31-26-11-7-6-10-24(22)26/h3-16,25,35H,2,17-19H2,1H3,(H,32,33)/t25?,30-/m0/s1. The van der Waals surface area contributed by atoms with Gasteiger partial charge in [0.15, 0.2) is 0 Å². The fourth-order valence-corrected chi connectivity index (χ4v) is 4.85. The molecule has 3 aromatic carbocycles. The van der Waals surface area contributed by atoms with Crippen LogP contribution in [0.25, 0.3) is 22.2 Å². The maximum atomic E-state index is 12.6. The number of carbonyl (C=O) groups is 2. The minimum absolute atomic E-state index is 0.233. The number of pyridine rings is 1. The van der Waals surface area contributed by atoms with Crippen LogP contribution < -0.4 is 10.2 Å². The minimum atomic E-state index is -0.949. The van der Waals surface area contributed by atoms with Crippen molar-refractivity contribution in [2.75, 3.05) is 6.61 Å². The van der Waals surface area contributed by atoms with E-state index in [2.05, 4.69) is 6.07 Å². The summed E-state index contributed by atoms with van der Waals surface area (Å²) >= 11 is 0. The second-order valence-electron chi connectivity index (χ2n) is 9.27. The van der Waals surface area contributed by atoms with Gasteiger partial charge < -0.3 is 9.47 Å². The van der Waals surface area contributed by atoms with Gasteiger partial charge in [-0.15, -0.1) is 0 Å². The lowest BCUT2D eigenvalue weighted by Gasteiger charge is -2.16. The van der Waals surface area contributed by atoms with Crippen LogP contribution >= 0.6 is 0 Å². The molecule has 1 amide bonds. The summed E-state index contributed by atoms with van der Waals surface area (Å²) < 4.78 is 11.4. The fourth-order valence-electron chi connectivity index (χ4n) is 4.85. The first-order chi connectivity index (χ1) is 18.0. The highest BCUT2D eigenvalue weighted by Gasteiger charge is 2.64. The SMILES string of the molecule is CCOC(=O)[C@@]1(Cc2ccc(OCc3cc(-c4ccccc4)nc4ccccc34)cc2)CC1C(=O)NO. The lowest BCUT2D eigenvalue weighted by molar-refractivity contribution is -0.152. The number of amides is 1. The van der Waals surface area contributed by atoms with Crippen molar-refractivity contribution >= 4 is 22.8 Å². The van der Waals surface area contributed by atoms with Gasteiger partial charge in [-0.3, -0.25) is 14.8 Å². The van der Waals surface area contributed by atoms with Crippen LogP contribution in [0.4, 0.5) is 0 Å². The minimum Gasteiger partial charge on any atom is -0.489 e. The molecule has 1 fully saturated rings. The van der Waals surface area contributed by atoms with Gasteiger partial charge in [-0.2, -0.15) is 0 Å². The molecule has 0 bridgehead atoms. The number of nitrogens with zero attached hydrogens (tertiary/aromatic N) is 1. The lowest BCUT2D eigenvalue weighted by Crippen LogP contribution is -2.30. The van der Waals surface area contributed by atoms with Gasteiger partial charge in [0.2, 0.25) is 5.91 Å². The van der Waals surface area contributed by atoms with E-state index in [1.807, 2.05) is 78.9 Å². The topological polar surface area (TPSA) is 97.8 Å². The number of rotatable bonds is 9. The van der Waals surface area contributed by atoms with E-state index in [1.165, 1.54) is 0 Å². The molecule has 1 aliphatic carbocycles. The summed E-state index contributed by atoms with van der Waals surface area (Å²) in [6, 6.07) is 27.6. The Morgan fingerprint density at radius 2 is 1.76 bits per heavy atom. The van der Waals surface area contributed by atoms with E-state index in [9.17, 15) is 9.59 Å². The number of fused-ring (bicyclic) bond motifs is 1. The van der Waals surface area contributed by atoms with Crippen LogP contribution in [0.1, 0.15) is 24.5 Å². The first kappa shape index (κ1) is 24.5. The van der Waals surface area contributed by atoms with Gasteiger partial charge in [0, 0.05) is 16.5 Å². The van der Waals surface area contributed by atoms with E-state index in [1.54, 1.807) is 12.4 Å². The molecule has 0 spiro atoms. The molecule has 2 atom stereocenters. The van der Waals surface area contributed by atoms with Gasteiger partial charge in [-0.05, 0) is 49.6 Å². The molecule has 0 radical (unpaired) electrons. The number of esters is 1. The van der Waals surface area contributed by atoms with Crippen molar-refractivity contribution in [3.05, 3.63) is 96.1 Å². The molecule has 188 valence electrons. The number of hydroxylamine groups is 1. The molecule has 2 N–H and O–H groups in total. The average Bonchev–Trinajstić information content (AvgIpc) is 3.68. The summed E-state index contributed by atoms with van der Waals surface area (Å²) in [4.78, 5) is 29.4. The molecule has 1 aliphatic rings. The van der Waals surface area contributed by atoms with Crippen molar-refractivity contribution in [2.45, 2.75) is 26.4 Å². The molecule has 4 aromatic rings. The highest BCUT2D eigenvalue weighted by Crippen LogP contribution is 2.56. The molecule has 1 aromatic heterocycles. The molecule has 1 heterocycles. The highest BCUT2D eigenvalue weighted by atomic mass is 16.5. The predicted octanol–water partition coefficient (Wildman–Crippen LogP) is 5.10. The van der Waals surface area contributed by atoms with E-state index in [-0.39, 0.29) is 6.61 Å². The van der Waals surface area contributed by atoms with Crippen LogP contribution in [0.15, 0.2) is 84.9 Å². The predicted molar refractivity (Wildman–Crippen MR) is 139 cm³/mol. The normalized spacial score (nSPS) is 18.3. The highest BCUT2D eigenvalue weighted by molar-refractivity contribution is 5.93. The second-order valence-corrected chi connectivity index (χ2v) is 9.27. The number of carbonyl (C=O) groups excluding carboxylic acids is 2. The van der Waals surface area contributed by atoms with E-state index in [0.717, 1.165) is 33.3 Å². The Morgan fingerprint density at radius 1 is 1.03 bits per heavy atom. The van der Waals surface area contributed by atoms with Crippen molar-refractivity contribution in [3.8, 4) is 17.0 Å². The van der Waals surface area contributed by atoms with Gasteiger partial charge in [0.05, 0.1) is 29.2 Å². The maximum absolute atomic E-state index is 12.6. The Hall–Kier alpha value is -4.23. The number of hydrogen-bond acceptors (Lipinski definition) is 6. The van der Waals surface area contributed by atoms with Gasteiger partial charge in [0.25, 0.3) is 0 Å². The van der Waals surface area contributed by atoms with Crippen LogP contribution in [0.3, 0.4) is 0 Å². The first-order valence-corrected chi connectivity index (χ1v) is 12.3. The number of para-hydroxylation sites is 1. The molecule has 1 saturated carbocycles. The van der Waals surface area contributed by atoms with Crippen molar-refractivity contribution in [2.24, 2.45) is 11.3 Å².